The van der Waals surface area contributed by atoms with Gasteiger partial charge in [-0.25, -0.2) is 4.98 Å². The van der Waals surface area contributed by atoms with E-state index in [2.05, 4.69) is 10.3 Å². The molecule has 0 radical (unpaired) electrons. The van der Waals surface area contributed by atoms with Crippen LogP contribution in [-0.2, 0) is 20.7 Å². The first-order valence-electron chi connectivity index (χ1n) is 8.21. The van der Waals surface area contributed by atoms with E-state index in [-0.39, 0.29) is 18.9 Å². The van der Waals surface area contributed by atoms with Gasteiger partial charge in [0.15, 0.2) is 6.61 Å². The zero-order chi connectivity index (χ0) is 19.2. The van der Waals surface area contributed by atoms with Crippen LogP contribution in [0.3, 0.4) is 0 Å². The predicted octanol–water partition coefficient (Wildman–Crippen LogP) is 3.66. The molecule has 0 saturated heterocycles. The van der Waals surface area contributed by atoms with Crippen molar-refractivity contribution >= 4 is 45.9 Å². The van der Waals surface area contributed by atoms with Crippen LogP contribution in [0.25, 0.3) is 10.6 Å². The van der Waals surface area contributed by atoms with Crippen LogP contribution in [0.2, 0.25) is 0 Å². The predicted molar refractivity (Wildman–Crippen MR) is 109 cm³/mol. The van der Waals surface area contributed by atoms with E-state index in [4.69, 9.17) is 4.74 Å². The van der Waals surface area contributed by atoms with E-state index in [1.165, 1.54) is 11.3 Å². The number of thiophene rings is 1. The number of amides is 1. The van der Waals surface area contributed by atoms with Gasteiger partial charge in [0.1, 0.15) is 5.01 Å². The van der Waals surface area contributed by atoms with Gasteiger partial charge in [0, 0.05) is 41.8 Å². The number of anilines is 2. The van der Waals surface area contributed by atoms with Crippen molar-refractivity contribution in [3.63, 3.8) is 0 Å². The Kier molecular flexibility index (Phi) is 6.20. The van der Waals surface area contributed by atoms with Gasteiger partial charge in [-0.15, -0.1) is 11.3 Å². The van der Waals surface area contributed by atoms with E-state index in [0.717, 1.165) is 16.3 Å². The lowest BCUT2D eigenvalue weighted by atomic mass is 10.2. The molecule has 0 bridgehead atoms. The average molecular weight is 402 g/mol. The van der Waals surface area contributed by atoms with Crippen LogP contribution in [0.15, 0.2) is 46.5 Å². The van der Waals surface area contributed by atoms with Crippen LogP contribution >= 0.6 is 22.7 Å². The van der Waals surface area contributed by atoms with Gasteiger partial charge in [-0.3, -0.25) is 9.59 Å². The molecule has 0 aliphatic rings. The number of nitrogens with one attached hydrogen (secondary N) is 1. The maximum absolute atomic E-state index is 11.9. The van der Waals surface area contributed by atoms with E-state index in [1.807, 2.05) is 53.3 Å². The zero-order valence-electron chi connectivity index (χ0n) is 15.0. The number of hydrogen-bond donors (Lipinski definition) is 1. The highest BCUT2D eigenvalue weighted by atomic mass is 32.1. The topological polar surface area (TPSA) is 71.5 Å². The second-order valence-electron chi connectivity index (χ2n) is 5.98. The first-order chi connectivity index (χ1) is 13.0. The standard InChI is InChI=1S/C19H19N3O3S2/c1-22(2)16-5-3-14(4-6-16)20-17(23)10-25-18(24)9-15-12-27-19(21-15)13-7-8-26-11-13/h3-8,11-12H,9-10H2,1-2H3,(H,20,23). The summed E-state index contributed by atoms with van der Waals surface area (Å²) < 4.78 is 5.05. The van der Waals surface area contributed by atoms with Gasteiger partial charge < -0.3 is 15.0 Å². The molecule has 140 valence electrons. The Morgan fingerprint density at radius 2 is 1.93 bits per heavy atom. The summed E-state index contributed by atoms with van der Waals surface area (Å²) >= 11 is 3.08. The Morgan fingerprint density at radius 3 is 2.59 bits per heavy atom. The molecule has 1 amide bonds. The third kappa shape index (κ3) is 5.38. The van der Waals surface area contributed by atoms with Gasteiger partial charge >= 0.3 is 5.97 Å². The number of thiazole rings is 1. The number of hydrogen-bond acceptors (Lipinski definition) is 7. The Hall–Kier alpha value is -2.71. The van der Waals surface area contributed by atoms with Crippen molar-refractivity contribution in [2.45, 2.75) is 6.42 Å². The third-order valence-electron chi connectivity index (χ3n) is 3.68. The molecule has 2 heterocycles. The normalized spacial score (nSPS) is 10.4. The lowest BCUT2D eigenvalue weighted by Gasteiger charge is -2.13. The minimum absolute atomic E-state index is 0.0471. The summed E-state index contributed by atoms with van der Waals surface area (Å²) in [6.45, 7) is -0.324. The summed E-state index contributed by atoms with van der Waals surface area (Å²) in [7, 11) is 3.89. The Bertz CT molecular complexity index is 903. The molecule has 0 unspecified atom stereocenters. The van der Waals surface area contributed by atoms with Crippen molar-refractivity contribution < 1.29 is 14.3 Å². The lowest BCUT2D eigenvalue weighted by Crippen LogP contribution is -2.21. The van der Waals surface area contributed by atoms with E-state index in [9.17, 15) is 9.59 Å². The van der Waals surface area contributed by atoms with Crippen molar-refractivity contribution in [1.29, 1.82) is 0 Å². The van der Waals surface area contributed by atoms with Gasteiger partial charge in [0.05, 0.1) is 12.1 Å². The van der Waals surface area contributed by atoms with Gasteiger partial charge in [0.2, 0.25) is 0 Å². The second kappa shape index (κ2) is 8.79. The Labute approximate surface area is 165 Å². The van der Waals surface area contributed by atoms with Crippen LogP contribution in [0.5, 0.6) is 0 Å². The molecular formula is C19H19N3O3S2. The summed E-state index contributed by atoms with van der Waals surface area (Å²) in [6, 6.07) is 9.39. The van der Waals surface area contributed by atoms with Gasteiger partial charge in [0.25, 0.3) is 5.91 Å². The van der Waals surface area contributed by atoms with Gasteiger partial charge in [-0.05, 0) is 35.7 Å². The highest BCUT2D eigenvalue weighted by Crippen LogP contribution is 2.25. The van der Waals surface area contributed by atoms with Crippen molar-refractivity contribution in [1.82, 2.24) is 4.98 Å². The zero-order valence-corrected chi connectivity index (χ0v) is 16.6. The summed E-state index contributed by atoms with van der Waals surface area (Å²) in [4.78, 5) is 30.3. The highest BCUT2D eigenvalue weighted by molar-refractivity contribution is 7.14. The van der Waals surface area contributed by atoms with Crippen molar-refractivity contribution in [2.75, 3.05) is 30.9 Å². The van der Waals surface area contributed by atoms with E-state index in [0.29, 0.717) is 11.4 Å². The number of nitrogens with zero attached hydrogens (tertiary/aromatic N) is 2. The monoisotopic (exact) mass is 401 g/mol. The molecule has 6 nitrogen and oxygen atoms in total. The first kappa shape index (κ1) is 19.1. The molecular weight excluding hydrogens is 382 g/mol. The number of aromatic nitrogens is 1. The number of ether oxygens (including phenoxy) is 1. The second-order valence-corrected chi connectivity index (χ2v) is 7.62. The Morgan fingerprint density at radius 1 is 1.15 bits per heavy atom. The summed E-state index contributed by atoms with van der Waals surface area (Å²) in [5.74, 6) is -0.853. The van der Waals surface area contributed by atoms with Crippen molar-refractivity contribution in [2.24, 2.45) is 0 Å². The largest absolute Gasteiger partial charge is 0.455 e. The molecule has 0 fully saturated rings. The molecule has 0 aliphatic heterocycles. The average Bonchev–Trinajstić information content (AvgIpc) is 3.32. The minimum Gasteiger partial charge on any atom is -0.455 e. The van der Waals surface area contributed by atoms with Crippen LogP contribution in [-0.4, -0.2) is 37.6 Å². The number of rotatable bonds is 7. The van der Waals surface area contributed by atoms with E-state index in [1.54, 1.807) is 23.5 Å². The minimum atomic E-state index is -0.477. The highest BCUT2D eigenvalue weighted by Gasteiger charge is 2.12. The molecule has 0 aliphatic carbocycles. The summed E-state index contributed by atoms with van der Waals surface area (Å²) in [5, 5.41) is 9.40. The van der Waals surface area contributed by atoms with Crippen LogP contribution < -0.4 is 10.2 Å². The molecule has 27 heavy (non-hydrogen) atoms. The van der Waals surface area contributed by atoms with Crippen LogP contribution in [0, 0.1) is 0 Å². The number of benzene rings is 1. The fraction of sp³-hybridized carbons (Fsp3) is 0.211. The molecule has 1 aromatic carbocycles. The summed E-state index contributed by atoms with van der Waals surface area (Å²) in [6.07, 6.45) is 0.0471. The maximum atomic E-state index is 11.9. The summed E-state index contributed by atoms with van der Waals surface area (Å²) in [5.41, 5.74) is 3.38. The van der Waals surface area contributed by atoms with Crippen LogP contribution in [0.1, 0.15) is 5.69 Å². The fourth-order valence-corrected chi connectivity index (χ4v) is 3.82. The number of esters is 1. The van der Waals surface area contributed by atoms with Crippen LogP contribution in [0.4, 0.5) is 11.4 Å². The fourth-order valence-electron chi connectivity index (χ4n) is 2.29. The molecule has 0 saturated carbocycles. The quantitative estimate of drug-likeness (QED) is 0.612. The molecule has 3 aromatic rings. The van der Waals surface area contributed by atoms with Crippen molar-refractivity contribution in [3.8, 4) is 10.6 Å². The number of carbonyl (C=O) groups is 2. The van der Waals surface area contributed by atoms with Gasteiger partial charge in [-0.1, -0.05) is 0 Å². The van der Waals surface area contributed by atoms with Crippen molar-refractivity contribution in [3.05, 3.63) is 52.2 Å². The molecule has 3 rings (SSSR count). The molecule has 0 atom stereocenters. The Balaban J connectivity index is 1.45. The molecule has 2 aromatic heterocycles. The SMILES string of the molecule is CN(C)c1ccc(NC(=O)COC(=O)Cc2csc(-c3ccsc3)n2)cc1. The molecule has 1 N–H and O–H groups in total. The van der Waals surface area contributed by atoms with Gasteiger partial charge in [-0.2, -0.15) is 11.3 Å². The maximum Gasteiger partial charge on any atom is 0.312 e. The van der Waals surface area contributed by atoms with E-state index < -0.39 is 5.97 Å². The first-order valence-corrected chi connectivity index (χ1v) is 10.0. The third-order valence-corrected chi connectivity index (χ3v) is 5.30. The van der Waals surface area contributed by atoms with E-state index >= 15 is 0 Å². The smallest absolute Gasteiger partial charge is 0.312 e. The number of carbonyl (C=O) groups excluding carboxylic acids is 2. The molecule has 0 spiro atoms. The molecule has 8 heteroatoms. The lowest BCUT2D eigenvalue weighted by molar-refractivity contribution is -0.146.